The molecule has 2 heteroatoms. The summed E-state index contributed by atoms with van der Waals surface area (Å²) < 4.78 is 8.12. The van der Waals surface area contributed by atoms with Crippen LogP contribution in [0.3, 0.4) is 0 Å². The Labute approximate surface area is 195 Å². The summed E-state index contributed by atoms with van der Waals surface area (Å²) in [4.78, 5) is 0. The topological polar surface area (TPSA) is 0 Å². The Kier molecular flexibility index (Phi) is 5.26. The molecule has 0 amide bonds. The molecular weight excluding hydrogens is 567 g/mol. The van der Waals surface area contributed by atoms with E-state index >= 15 is 0 Å². The summed E-state index contributed by atoms with van der Waals surface area (Å²) in [5, 5.41) is 0. The molecule has 3 aromatic rings. The summed E-state index contributed by atoms with van der Waals surface area (Å²) in [5.41, 5.74) is 10.7. The van der Waals surface area contributed by atoms with Crippen molar-refractivity contribution in [1.29, 1.82) is 0 Å². The molecule has 0 aromatic heterocycles. The maximum absolute atomic E-state index is 3.71. The third-order valence-electron chi connectivity index (χ3n) is 9.22. The molecule has 32 heavy (non-hydrogen) atoms. The van der Waals surface area contributed by atoms with E-state index in [1.807, 2.05) is 3.33 Å². The molecule has 0 fully saturated rings. The fraction of sp³-hybridized carbons (Fsp3) is 0.267. The third-order valence-corrected chi connectivity index (χ3v) is 74.0. The van der Waals surface area contributed by atoms with Crippen molar-refractivity contribution in [1.82, 2.24) is 0 Å². The van der Waals surface area contributed by atoms with Crippen LogP contribution in [0.15, 0.2) is 82.2 Å². The van der Waals surface area contributed by atoms with Crippen molar-refractivity contribution in [2.24, 2.45) is 0 Å². The number of fused-ring (bicyclic) bond motifs is 2. The normalized spacial score (nSPS) is 21.2. The van der Waals surface area contributed by atoms with Gasteiger partial charge in [-0.25, -0.2) is 0 Å². The second kappa shape index (κ2) is 7.64. The molecule has 2 aliphatic rings. The van der Waals surface area contributed by atoms with E-state index in [0.717, 1.165) is 0 Å². The van der Waals surface area contributed by atoms with E-state index in [0.29, 0.717) is 9.59 Å². The Morgan fingerprint density at radius 3 is 2.00 bits per heavy atom. The van der Waals surface area contributed by atoms with Gasteiger partial charge in [0.1, 0.15) is 0 Å². The molecule has 163 valence electrons. The number of benzene rings is 3. The van der Waals surface area contributed by atoms with Gasteiger partial charge in [-0.2, -0.15) is 0 Å². The molecule has 2 aliphatic carbocycles. The zero-order valence-corrected chi connectivity index (χ0v) is 25.1. The maximum atomic E-state index is 2.83. The summed E-state index contributed by atoms with van der Waals surface area (Å²) in [6, 6.07) is 29.7. The Hall–Kier alpha value is -1.77. The van der Waals surface area contributed by atoms with Crippen LogP contribution in [0, 0.1) is 0 Å². The second-order valence-corrected chi connectivity index (χ2v) is 63.2. The summed E-state index contributed by atoms with van der Waals surface area (Å²) >= 11 is -3.71. The molecule has 0 heterocycles. The van der Waals surface area contributed by atoms with Gasteiger partial charge in [0.05, 0.1) is 0 Å². The molecule has 0 nitrogen and oxygen atoms in total. The zero-order valence-electron chi connectivity index (χ0n) is 20.3. The molecule has 0 saturated heterocycles. The predicted molar refractivity (Wildman–Crippen MR) is 142 cm³/mol. The van der Waals surface area contributed by atoms with Crippen LogP contribution in [0.25, 0.3) is 17.2 Å². The van der Waals surface area contributed by atoms with Gasteiger partial charge in [-0.1, -0.05) is 0 Å². The van der Waals surface area contributed by atoms with Gasteiger partial charge in [-0.3, -0.25) is 0 Å². The van der Waals surface area contributed by atoms with Crippen LogP contribution in [-0.4, -0.2) is 5.98 Å². The number of hydrogen-bond donors (Lipinski definition) is 0. The first kappa shape index (κ1) is 22.0. The molecule has 2 atom stereocenters. The van der Waals surface area contributed by atoms with Gasteiger partial charge >= 0.3 is 197 Å². The van der Waals surface area contributed by atoms with E-state index in [1.165, 1.54) is 16.7 Å². The minimum atomic E-state index is -3.71. The van der Waals surface area contributed by atoms with E-state index in [-0.39, 0.29) is 0 Å². The van der Waals surface area contributed by atoms with Crippen LogP contribution in [0.4, 0.5) is 0 Å². The van der Waals surface area contributed by atoms with Crippen LogP contribution in [0.5, 0.6) is 0 Å². The summed E-state index contributed by atoms with van der Waals surface area (Å²) in [6.07, 6.45) is 2.53. The first-order valence-corrected chi connectivity index (χ1v) is 32.3. The van der Waals surface area contributed by atoms with Crippen molar-refractivity contribution in [3.8, 4) is 0 Å². The fourth-order valence-corrected chi connectivity index (χ4v) is 49.1. The van der Waals surface area contributed by atoms with E-state index in [1.54, 1.807) is 22.3 Å². The summed E-state index contributed by atoms with van der Waals surface area (Å²) in [6.45, 7) is 10.3. The fourth-order valence-electron chi connectivity index (χ4n) is 7.08. The molecule has 0 N–H and O–H groups in total. The standard InChI is InChI=1S/C15H11.C11H11.C2H7Si.2CH3.Hf/c1-2-6-12(7-3-1)15-10-13-8-4-5-9-14(13)11-15;1-8-7-9(2)11-6-4-3-5-10(8)11;1-3-2;;;/h1-11H;3-6,8H,1-2H3;3H,1-2H3;2*1H3;. The number of allylic oxidation sites excluding steroid dienone is 3. The molecular formula is C30H35HfSi. The van der Waals surface area contributed by atoms with Crippen LogP contribution < -0.4 is 0 Å². The van der Waals surface area contributed by atoms with Crippen LogP contribution in [-0.2, 0) is 17.7 Å². The monoisotopic (exact) mass is 603 g/mol. The average Bonchev–Trinajstić information content (AvgIpc) is 3.31. The van der Waals surface area contributed by atoms with Gasteiger partial charge in [0.25, 0.3) is 0 Å². The number of hydrogen-bond acceptors (Lipinski definition) is 0. The van der Waals surface area contributed by atoms with Crippen molar-refractivity contribution in [3.05, 3.63) is 110 Å². The van der Waals surface area contributed by atoms with Crippen LogP contribution in [0.1, 0.15) is 51.3 Å². The first-order chi connectivity index (χ1) is 15.2. The molecule has 5 rings (SSSR count). The van der Waals surface area contributed by atoms with Gasteiger partial charge in [-0.05, 0) is 0 Å². The Morgan fingerprint density at radius 1 is 0.750 bits per heavy atom. The molecule has 0 radical (unpaired) electrons. The SMILES string of the molecule is CC1=[C]([Hf]([CH3])([CH3])([CH]2C(c3ccccc3)=Cc3ccccc32)[SiH](C)C)C(C)c2ccccc21. The van der Waals surface area contributed by atoms with Crippen molar-refractivity contribution in [2.75, 3.05) is 0 Å². The number of rotatable bonds is 4. The molecule has 0 aliphatic heterocycles. The van der Waals surface area contributed by atoms with Gasteiger partial charge in [0.2, 0.25) is 0 Å². The van der Waals surface area contributed by atoms with E-state index in [9.17, 15) is 0 Å². The van der Waals surface area contributed by atoms with E-state index < -0.39 is 23.7 Å². The van der Waals surface area contributed by atoms with Gasteiger partial charge in [0, 0.05) is 0 Å². The van der Waals surface area contributed by atoms with Crippen LogP contribution >= 0.6 is 0 Å². The van der Waals surface area contributed by atoms with Crippen molar-refractivity contribution in [2.45, 2.75) is 45.9 Å². The summed E-state index contributed by atoms with van der Waals surface area (Å²) in [7, 11) is 0. The average molecular weight is 602 g/mol. The van der Waals surface area contributed by atoms with Crippen molar-refractivity contribution in [3.63, 3.8) is 0 Å². The Balaban J connectivity index is 1.81. The zero-order chi connectivity index (χ0) is 22.7. The summed E-state index contributed by atoms with van der Waals surface area (Å²) in [5.74, 6) is -0.492. The molecule has 2 unspecified atom stereocenters. The Bertz CT molecular complexity index is 1260. The quantitative estimate of drug-likeness (QED) is 0.263. The molecule has 3 aromatic carbocycles. The van der Waals surface area contributed by atoms with Gasteiger partial charge < -0.3 is 0 Å². The predicted octanol–water partition coefficient (Wildman–Crippen LogP) is 8.60. The van der Waals surface area contributed by atoms with Crippen molar-refractivity contribution >= 4 is 23.2 Å². The van der Waals surface area contributed by atoms with Crippen molar-refractivity contribution < 1.29 is 17.7 Å². The van der Waals surface area contributed by atoms with Gasteiger partial charge in [-0.15, -0.1) is 0 Å². The molecule has 0 spiro atoms. The first-order valence-electron chi connectivity index (χ1n) is 12.1. The molecule has 0 saturated carbocycles. The Morgan fingerprint density at radius 2 is 1.34 bits per heavy atom. The minimum absolute atomic E-state index is 0.538. The van der Waals surface area contributed by atoms with E-state index in [2.05, 4.69) is 121 Å². The van der Waals surface area contributed by atoms with E-state index in [4.69, 9.17) is 0 Å². The van der Waals surface area contributed by atoms with Crippen LogP contribution in [0.2, 0.25) is 22.5 Å². The third kappa shape index (κ3) is 2.95. The second-order valence-electron chi connectivity index (χ2n) is 11.1. The van der Waals surface area contributed by atoms with Gasteiger partial charge in [0.15, 0.2) is 0 Å². The molecule has 0 bridgehead atoms.